The highest BCUT2D eigenvalue weighted by atomic mass is 32.2. The average molecular weight is 279 g/mol. The van der Waals surface area contributed by atoms with Crippen LogP contribution in [0.2, 0.25) is 0 Å². The van der Waals surface area contributed by atoms with Crippen LogP contribution in [0.1, 0.15) is 5.56 Å². The Balaban J connectivity index is 2.09. The topological polar surface area (TPSA) is 110 Å². The van der Waals surface area contributed by atoms with Crippen LogP contribution >= 0.6 is 0 Å². The third-order valence-electron chi connectivity index (χ3n) is 2.41. The Kier molecular flexibility index (Phi) is 4.05. The lowest BCUT2D eigenvalue weighted by Crippen LogP contribution is -2.23. The molecule has 8 heteroatoms. The van der Waals surface area contributed by atoms with E-state index in [9.17, 15) is 8.42 Å². The lowest BCUT2D eigenvalue weighted by Gasteiger charge is -2.07. The summed E-state index contributed by atoms with van der Waals surface area (Å²) < 4.78 is 26.5. The smallest absolute Gasteiger partial charge is 0.242 e. The Hall–Kier alpha value is -2.03. The Morgan fingerprint density at radius 2 is 1.89 bits per heavy atom. The van der Waals surface area contributed by atoms with Crippen molar-refractivity contribution in [1.82, 2.24) is 14.7 Å². The fraction of sp³-hybridized carbons (Fsp3) is 0.0909. The Labute approximate surface area is 110 Å². The lowest BCUT2D eigenvalue weighted by molar-refractivity contribution is 0.581. The maximum atomic E-state index is 12.0. The average Bonchev–Trinajstić information content (AvgIpc) is 2.46. The number of sulfonamides is 1. The van der Waals surface area contributed by atoms with Crippen molar-refractivity contribution in [2.45, 2.75) is 11.4 Å². The third kappa shape index (κ3) is 3.47. The maximum Gasteiger partial charge on any atom is 0.242 e. The molecule has 0 fully saturated rings. The molecule has 0 aliphatic carbocycles. The minimum atomic E-state index is -3.58. The molecule has 19 heavy (non-hydrogen) atoms. The fourth-order valence-corrected chi connectivity index (χ4v) is 2.35. The van der Waals surface area contributed by atoms with Gasteiger partial charge in [-0.2, -0.15) is 0 Å². The van der Waals surface area contributed by atoms with E-state index >= 15 is 0 Å². The zero-order chi connectivity index (χ0) is 13.7. The lowest BCUT2D eigenvalue weighted by atomic mass is 10.3. The first kappa shape index (κ1) is 13.4. The standard InChI is InChI=1S/C11H13N5O2S/c12-16-11-2-1-10(8-14-11)19(17,18)15-7-9-3-5-13-6-4-9/h1-6,8,15H,7,12H2,(H,14,16). The molecule has 0 amide bonds. The van der Waals surface area contributed by atoms with E-state index in [0.717, 1.165) is 5.56 Å². The number of rotatable bonds is 5. The highest BCUT2D eigenvalue weighted by molar-refractivity contribution is 7.89. The molecular weight excluding hydrogens is 266 g/mol. The van der Waals surface area contributed by atoms with E-state index in [2.05, 4.69) is 20.1 Å². The van der Waals surface area contributed by atoms with Crippen LogP contribution < -0.4 is 16.0 Å². The van der Waals surface area contributed by atoms with Crippen molar-refractivity contribution in [3.63, 3.8) is 0 Å². The van der Waals surface area contributed by atoms with Crippen molar-refractivity contribution in [3.8, 4) is 0 Å². The van der Waals surface area contributed by atoms with Crippen LogP contribution in [0.5, 0.6) is 0 Å². The molecule has 7 nitrogen and oxygen atoms in total. The van der Waals surface area contributed by atoms with E-state index in [1.807, 2.05) is 0 Å². The molecule has 0 unspecified atom stereocenters. The summed E-state index contributed by atoms with van der Waals surface area (Å²) in [5.41, 5.74) is 3.16. The molecule has 0 atom stereocenters. The highest BCUT2D eigenvalue weighted by Crippen LogP contribution is 2.10. The molecule has 0 bridgehead atoms. The summed E-state index contributed by atoms with van der Waals surface area (Å²) >= 11 is 0. The number of hydrogen-bond acceptors (Lipinski definition) is 6. The normalized spacial score (nSPS) is 11.2. The molecule has 4 N–H and O–H groups in total. The molecule has 100 valence electrons. The van der Waals surface area contributed by atoms with E-state index in [4.69, 9.17) is 5.84 Å². The Morgan fingerprint density at radius 1 is 1.16 bits per heavy atom. The van der Waals surface area contributed by atoms with Gasteiger partial charge >= 0.3 is 0 Å². The summed E-state index contributed by atoms with van der Waals surface area (Å²) in [4.78, 5) is 7.80. The second kappa shape index (κ2) is 5.74. The summed E-state index contributed by atoms with van der Waals surface area (Å²) in [5.74, 6) is 5.56. The summed E-state index contributed by atoms with van der Waals surface area (Å²) in [6.07, 6.45) is 4.45. The largest absolute Gasteiger partial charge is 0.308 e. The molecule has 0 aromatic carbocycles. The van der Waals surface area contributed by atoms with Crippen molar-refractivity contribution in [3.05, 3.63) is 48.4 Å². The molecule has 2 aromatic heterocycles. The predicted molar refractivity (Wildman–Crippen MR) is 70.3 cm³/mol. The second-order valence-electron chi connectivity index (χ2n) is 3.70. The van der Waals surface area contributed by atoms with E-state index < -0.39 is 10.0 Å². The van der Waals surface area contributed by atoms with E-state index in [0.29, 0.717) is 5.82 Å². The van der Waals surface area contributed by atoms with Crippen molar-refractivity contribution in [2.75, 3.05) is 5.43 Å². The quantitative estimate of drug-likeness (QED) is 0.534. The number of nitrogens with one attached hydrogen (secondary N) is 2. The van der Waals surface area contributed by atoms with Crippen molar-refractivity contribution in [1.29, 1.82) is 0 Å². The van der Waals surface area contributed by atoms with Gasteiger partial charge in [0.05, 0.1) is 0 Å². The van der Waals surface area contributed by atoms with Gasteiger partial charge in [-0.1, -0.05) is 0 Å². The first-order valence-electron chi connectivity index (χ1n) is 5.43. The second-order valence-corrected chi connectivity index (χ2v) is 5.47. The minimum absolute atomic E-state index is 0.0838. The van der Waals surface area contributed by atoms with Crippen molar-refractivity contribution in [2.24, 2.45) is 5.84 Å². The first-order chi connectivity index (χ1) is 9.12. The number of pyridine rings is 2. The molecule has 0 saturated carbocycles. The summed E-state index contributed by atoms with van der Waals surface area (Å²) in [5, 5.41) is 0. The number of hydrogen-bond donors (Lipinski definition) is 3. The Bertz CT molecular complexity index is 628. The molecular formula is C11H13N5O2S. The van der Waals surface area contributed by atoms with Crippen LogP contribution in [0.25, 0.3) is 0 Å². The van der Waals surface area contributed by atoms with Crippen molar-refractivity contribution < 1.29 is 8.42 Å². The van der Waals surface area contributed by atoms with Crippen LogP contribution in [-0.2, 0) is 16.6 Å². The van der Waals surface area contributed by atoms with Crippen LogP contribution in [-0.4, -0.2) is 18.4 Å². The molecule has 0 aliphatic heterocycles. The Morgan fingerprint density at radius 3 is 2.47 bits per heavy atom. The van der Waals surface area contributed by atoms with Gasteiger partial charge in [-0.25, -0.2) is 24.0 Å². The monoisotopic (exact) mass is 279 g/mol. The van der Waals surface area contributed by atoms with Gasteiger partial charge in [0.2, 0.25) is 10.0 Å². The van der Waals surface area contributed by atoms with Crippen LogP contribution in [0.15, 0.2) is 47.8 Å². The van der Waals surface area contributed by atoms with Gasteiger partial charge in [0.25, 0.3) is 0 Å². The van der Waals surface area contributed by atoms with Crippen LogP contribution in [0.3, 0.4) is 0 Å². The SMILES string of the molecule is NNc1ccc(S(=O)(=O)NCc2ccncc2)cn1. The van der Waals surface area contributed by atoms with Gasteiger partial charge in [0, 0.05) is 25.1 Å². The van der Waals surface area contributed by atoms with E-state index in [1.54, 1.807) is 24.5 Å². The number of nitrogens with zero attached hydrogens (tertiary/aromatic N) is 2. The summed E-state index contributed by atoms with van der Waals surface area (Å²) in [7, 11) is -3.58. The van der Waals surface area contributed by atoms with Gasteiger partial charge in [-0.3, -0.25) is 4.98 Å². The number of nitrogens with two attached hydrogens (primary N) is 1. The number of anilines is 1. The molecule has 2 aromatic rings. The maximum absolute atomic E-state index is 12.0. The molecule has 0 spiro atoms. The fourth-order valence-electron chi connectivity index (χ4n) is 1.39. The third-order valence-corrected chi connectivity index (χ3v) is 3.80. The molecule has 0 aliphatic rings. The zero-order valence-corrected chi connectivity index (χ0v) is 10.8. The van der Waals surface area contributed by atoms with Gasteiger partial charge < -0.3 is 5.43 Å². The summed E-state index contributed by atoms with van der Waals surface area (Å²) in [6, 6.07) is 6.39. The van der Waals surface area contributed by atoms with Crippen LogP contribution in [0, 0.1) is 0 Å². The van der Waals surface area contributed by atoms with Gasteiger partial charge in [0.15, 0.2) is 0 Å². The molecule has 0 radical (unpaired) electrons. The highest BCUT2D eigenvalue weighted by Gasteiger charge is 2.13. The molecule has 2 heterocycles. The van der Waals surface area contributed by atoms with Gasteiger partial charge in [0.1, 0.15) is 10.7 Å². The van der Waals surface area contributed by atoms with Gasteiger partial charge in [-0.15, -0.1) is 0 Å². The number of nitrogen functional groups attached to an aromatic ring is 1. The first-order valence-corrected chi connectivity index (χ1v) is 6.91. The van der Waals surface area contributed by atoms with Crippen molar-refractivity contribution >= 4 is 15.8 Å². The van der Waals surface area contributed by atoms with Crippen LogP contribution in [0.4, 0.5) is 5.82 Å². The van der Waals surface area contributed by atoms with E-state index in [1.165, 1.54) is 18.3 Å². The molecule has 2 rings (SSSR count). The zero-order valence-electron chi connectivity index (χ0n) is 9.95. The predicted octanol–water partition coefficient (Wildman–Crippen LogP) is 0.241. The summed E-state index contributed by atoms with van der Waals surface area (Å²) in [6.45, 7) is 0.196. The minimum Gasteiger partial charge on any atom is -0.308 e. The van der Waals surface area contributed by atoms with Gasteiger partial charge in [-0.05, 0) is 29.8 Å². The number of hydrazine groups is 1. The molecule has 0 saturated heterocycles. The number of aromatic nitrogens is 2. The van der Waals surface area contributed by atoms with E-state index in [-0.39, 0.29) is 11.4 Å².